The SMILES string of the molecule is C[N+]1=C(C=CC=C2N(CCCC3(C)N=N3)c3ccccc3C2(C)C)C(C)(C)c2ccccc21.[Cl-]. The van der Waals surface area contributed by atoms with Crippen LogP contribution >= 0.6 is 0 Å². The predicted molar refractivity (Wildman–Crippen MR) is 137 cm³/mol. The van der Waals surface area contributed by atoms with Gasteiger partial charge in [-0.15, -0.1) is 0 Å². The van der Waals surface area contributed by atoms with Gasteiger partial charge in [-0.2, -0.15) is 14.8 Å². The van der Waals surface area contributed by atoms with E-state index < -0.39 is 0 Å². The summed E-state index contributed by atoms with van der Waals surface area (Å²) in [7, 11) is 2.18. The van der Waals surface area contributed by atoms with Gasteiger partial charge in [0, 0.05) is 41.1 Å². The molecule has 0 radical (unpaired) electrons. The lowest BCUT2D eigenvalue weighted by Gasteiger charge is -2.27. The minimum Gasteiger partial charge on any atom is -1.00 e. The third kappa shape index (κ3) is 3.92. The number of allylic oxidation sites excluding steroid dienone is 4. The third-order valence-electron chi connectivity index (χ3n) is 7.72. The number of hydrogen-bond acceptors (Lipinski definition) is 3. The summed E-state index contributed by atoms with van der Waals surface area (Å²) >= 11 is 0. The number of benzene rings is 2. The molecule has 0 aromatic heterocycles. The van der Waals surface area contributed by atoms with Crippen molar-refractivity contribution in [3.05, 3.63) is 83.6 Å². The minimum absolute atomic E-state index is 0. The first-order chi connectivity index (χ1) is 15.7. The van der Waals surface area contributed by atoms with Crippen LogP contribution in [-0.4, -0.2) is 29.5 Å². The van der Waals surface area contributed by atoms with E-state index in [0.717, 1.165) is 19.4 Å². The molecule has 0 saturated carbocycles. The van der Waals surface area contributed by atoms with Crippen LogP contribution in [0.1, 0.15) is 58.6 Å². The summed E-state index contributed by atoms with van der Waals surface area (Å²) in [5.41, 5.74) is 7.91. The van der Waals surface area contributed by atoms with Gasteiger partial charge in [-0.3, -0.25) is 0 Å². The third-order valence-corrected chi connectivity index (χ3v) is 7.72. The zero-order valence-corrected chi connectivity index (χ0v) is 21.9. The van der Waals surface area contributed by atoms with Crippen LogP contribution in [0.15, 0.2) is 82.7 Å². The molecule has 4 nitrogen and oxygen atoms in total. The second-order valence-corrected chi connectivity index (χ2v) is 10.8. The maximum absolute atomic E-state index is 4.20. The van der Waals surface area contributed by atoms with Crippen molar-refractivity contribution in [1.82, 2.24) is 0 Å². The summed E-state index contributed by atoms with van der Waals surface area (Å²) in [6.45, 7) is 12.4. The van der Waals surface area contributed by atoms with E-state index in [-0.39, 0.29) is 28.9 Å². The molecule has 0 fully saturated rings. The molecule has 0 bridgehead atoms. The van der Waals surface area contributed by atoms with Crippen molar-refractivity contribution in [2.75, 3.05) is 18.5 Å². The van der Waals surface area contributed by atoms with Gasteiger partial charge in [-0.25, -0.2) is 0 Å². The topological polar surface area (TPSA) is 31.0 Å². The molecule has 0 saturated heterocycles. The fraction of sp³-hybridized carbons (Fsp3) is 0.414. The summed E-state index contributed by atoms with van der Waals surface area (Å²) in [6.07, 6.45) is 8.95. The Kier molecular flexibility index (Phi) is 6.10. The van der Waals surface area contributed by atoms with Gasteiger partial charge in [0.25, 0.3) is 0 Å². The average molecular weight is 475 g/mol. The number of halogens is 1. The number of anilines is 1. The highest BCUT2D eigenvalue weighted by Gasteiger charge is 2.43. The Morgan fingerprint density at radius 1 is 0.882 bits per heavy atom. The van der Waals surface area contributed by atoms with Gasteiger partial charge < -0.3 is 17.3 Å². The van der Waals surface area contributed by atoms with Gasteiger partial charge in [0.1, 0.15) is 7.05 Å². The Morgan fingerprint density at radius 2 is 1.53 bits per heavy atom. The molecule has 34 heavy (non-hydrogen) atoms. The maximum atomic E-state index is 4.20. The highest BCUT2D eigenvalue weighted by molar-refractivity contribution is 6.03. The second kappa shape index (κ2) is 8.49. The molecule has 3 heterocycles. The van der Waals surface area contributed by atoms with Crippen LogP contribution in [0.4, 0.5) is 11.4 Å². The van der Waals surface area contributed by atoms with Crippen molar-refractivity contribution in [3.63, 3.8) is 0 Å². The highest BCUT2D eigenvalue weighted by atomic mass is 35.5. The lowest BCUT2D eigenvalue weighted by Crippen LogP contribution is -3.00. The Hall–Kier alpha value is -2.72. The standard InChI is InChI=1S/C29H35N4.ClH/c1-27(2)21-13-7-9-15-23(21)32(6)25(27)17-11-18-26-28(3,4)22-14-8-10-16-24(22)33(26)20-12-19-29(5)30-31-29;/h7-11,13-18H,12,19-20H2,1-6H3;1H/q+1;/p-1. The summed E-state index contributed by atoms with van der Waals surface area (Å²) in [6, 6.07) is 17.6. The quantitative estimate of drug-likeness (QED) is 0.584. The summed E-state index contributed by atoms with van der Waals surface area (Å²) in [5, 5.41) is 8.39. The first-order valence-electron chi connectivity index (χ1n) is 12.1. The summed E-state index contributed by atoms with van der Waals surface area (Å²) < 4.78 is 2.33. The fourth-order valence-corrected chi connectivity index (χ4v) is 5.67. The van der Waals surface area contributed by atoms with Gasteiger partial charge in [0.2, 0.25) is 5.69 Å². The molecule has 5 heteroatoms. The molecule has 0 amide bonds. The largest absolute Gasteiger partial charge is 1.00 e. The van der Waals surface area contributed by atoms with E-state index in [2.05, 4.69) is 128 Å². The number of nitrogens with zero attached hydrogens (tertiary/aromatic N) is 4. The Morgan fingerprint density at radius 3 is 2.21 bits per heavy atom. The van der Waals surface area contributed by atoms with Gasteiger partial charge in [0.15, 0.2) is 11.4 Å². The predicted octanol–water partition coefficient (Wildman–Crippen LogP) is 3.90. The van der Waals surface area contributed by atoms with E-state index in [0.29, 0.717) is 0 Å². The van der Waals surface area contributed by atoms with Crippen LogP contribution in [0, 0.1) is 0 Å². The molecule has 178 valence electrons. The van der Waals surface area contributed by atoms with Crippen LogP contribution in [0.2, 0.25) is 0 Å². The summed E-state index contributed by atoms with van der Waals surface area (Å²) in [5.74, 6) is 0. The van der Waals surface area contributed by atoms with Crippen LogP contribution in [0.5, 0.6) is 0 Å². The number of para-hydroxylation sites is 2. The van der Waals surface area contributed by atoms with Crippen molar-refractivity contribution in [1.29, 1.82) is 0 Å². The molecular weight excluding hydrogens is 440 g/mol. The van der Waals surface area contributed by atoms with Crippen molar-refractivity contribution in [2.45, 2.75) is 64.0 Å². The van der Waals surface area contributed by atoms with Crippen molar-refractivity contribution in [2.24, 2.45) is 10.2 Å². The molecule has 0 unspecified atom stereocenters. The number of fused-ring (bicyclic) bond motifs is 2. The van der Waals surface area contributed by atoms with Crippen LogP contribution in [0.3, 0.4) is 0 Å². The van der Waals surface area contributed by atoms with E-state index in [1.54, 1.807) is 0 Å². The molecule has 0 spiro atoms. The first-order valence-corrected chi connectivity index (χ1v) is 12.1. The fourth-order valence-electron chi connectivity index (χ4n) is 5.67. The minimum atomic E-state index is -0.136. The van der Waals surface area contributed by atoms with Crippen LogP contribution < -0.4 is 17.3 Å². The Bertz CT molecular complexity index is 1230. The molecule has 2 aromatic carbocycles. The molecule has 0 N–H and O–H groups in total. The Balaban J connectivity index is 0.00000274. The van der Waals surface area contributed by atoms with E-state index >= 15 is 0 Å². The van der Waals surface area contributed by atoms with E-state index in [9.17, 15) is 0 Å². The van der Waals surface area contributed by atoms with E-state index in [4.69, 9.17) is 0 Å². The van der Waals surface area contributed by atoms with Crippen LogP contribution in [-0.2, 0) is 10.8 Å². The molecule has 3 aliphatic heterocycles. The lowest BCUT2D eigenvalue weighted by atomic mass is 9.81. The second-order valence-electron chi connectivity index (χ2n) is 10.8. The monoisotopic (exact) mass is 474 g/mol. The molecule has 3 aliphatic rings. The normalized spacial score (nSPS) is 21.7. The van der Waals surface area contributed by atoms with Gasteiger partial charge in [0.05, 0.1) is 5.41 Å². The highest BCUT2D eigenvalue weighted by Crippen LogP contribution is 2.48. The Labute approximate surface area is 210 Å². The van der Waals surface area contributed by atoms with E-state index in [1.807, 2.05) is 0 Å². The zero-order valence-electron chi connectivity index (χ0n) is 21.1. The zero-order chi connectivity index (χ0) is 23.4. The molecule has 5 rings (SSSR count). The van der Waals surface area contributed by atoms with Crippen LogP contribution in [0.25, 0.3) is 0 Å². The average Bonchev–Trinajstić information content (AvgIpc) is 3.44. The molecule has 0 atom stereocenters. The number of rotatable bonds is 6. The number of hydrogen-bond donors (Lipinski definition) is 0. The lowest BCUT2D eigenvalue weighted by molar-refractivity contribution is -0.401. The maximum Gasteiger partial charge on any atom is 0.209 e. The van der Waals surface area contributed by atoms with E-state index in [1.165, 1.54) is 33.9 Å². The van der Waals surface area contributed by atoms with Gasteiger partial charge in [-0.1, -0.05) is 56.3 Å². The molecular formula is C29H35ClN4. The first kappa shape index (κ1) is 24.4. The smallest absolute Gasteiger partial charge is 0.209 e. The van der Waals surface area contributed by atoms with Crippen molar-refractivity contribution < 1.29 is 17.0 Å². The van der Waals surface area contributed by atoms with Gasteiger partial charge in [-0.05, 0) is 51.3 Å². The van der Waals surface area contributed by atoms with Crippen molar-refractivity contribution >= 4 is 17.1 Å². The molecule has 0 aliphatic carbocycles. The van der Waals surface area contributed by atoms with Crippen molar-refractivity contribution in [3.8, 4) is 0 Å². The molecule has 2 aromatic rings. The van der Waals surface area contributed by atoms with Gasteiger partial charge >= 0.3 is 0 Å². The summed E-state index contributed by atoms with van der Waals surface area (Å²) in [4.78, 5) is 2.51.